The quantitative estimate of drug-likeness (QED) is 0.790. The number of pyridine rings is 1. The van der Waals surface area contributed by atoms with Crippen molar-refractivity contribution in [2.24, 2.45) is 0 Å². The predicted molar refractivity (Wildman–Crippen MR) is 87.3 cm³/mol. The number of fused-ring (bicyclic) bond motifs is 1. The molecule has 5 heteroatoms. The van der Waals surface area contributed by atoms with E-state index in [1.807, 2.05) is 31.2 Å². The van der Waals surface area contributed by atoms with E-state index in [4.69, 9.17) is 0 Å². The Labute approximate surface area is 129 Å². The number of aromatic nitrogens is 1. The number of rotatable bonds is 2. The number of amides is 1. The second kappa shape index (κ2) is 5.93. The highest BCUT2D eigenvalue weighted by atomic mass is 16.2. The molecular formula is C17H21N3O2. The molecule has 1 amide bonds. The highest BCUT2D eigenvalue weighted by Gasteiger charge is 2.25. The van der Waals surface area contributed by atoms with Crippen LogP contribution in [-0.4, -0.2) is 29.5 Å². The molecule has 1 aliphatic rings. The van der Waals surface area contributed by atoms with Crippen LogP contribution in [-0.2, 0) is 0 Å². The van der Waals surface area contributed by atoms with Gasteiger partial charge in [0.25, 0.3) is 11.5 Å². The number of H-pyrrole nitrogens is 1. The van der Waals surface area contributed by atoms with Gasteiger partial charge in [0, 0.05) is 23.0 Å². The van der Waals surface area contributed by atoms with Gasteiger partial charge in [-0.25, -0.2) is 0 Å². The standard InChI is InChI=1S/C17H21N3O2/c1-10-12-6-3-4-7-14(12)20-17(22)15(10)16(21)19-13-8-5-9-18-11(13)2/h3-4,6-7,11,13,18H,5,8-9H2,1-2H3,(H,19,21)(H,20,22). The maximum Gasteiger partial charge on any atom is 0.261 e. The van der Waals surface area contributed by atoms with Crippen LogP contribution in [0.1, 0.15) is 35.7 Å². The van der Waals surface area contributed by atoms with E-state index in [9.17, 15) is 9.59 Å². The number of aromatic amines is 1. The van der Waals surface area contributed by atoms with Gasteiger partial charge in [-0.05, 0) is 44.9 Å². The molecule has 1 fully saturated rings. The van der Waals surface area contributed by atoms with E-state index >= 15 is 0 Å². The molecule has 2 atom stereocenters. The molecule has 1 aromatic carbocycles. The van der Waals surface area contributed by atoms with Gasteiger partial charge in [0.1, 0.15) is 5.56 Å². The van der Waals surface area contributed by atoms with Crippen LogP contribution in [0, 0.1) is 6.92 Å². The van der Waals surface area contributed by atoms with Crippen LogP contribution >= 0.6 is 0 Å². The largest absolute Gasteiger partial charge is 0.348 e. The van der Waals surface area contributed by atoms with E-state index in [0.29, 0.717) is 0 Å². The van der Waals surface area contributed by atoms with E-state index in [1.54, 1.807) is 0 Å². The van der Waals surface area contributed by atoms with Gasteiger partial charge in [0.2, 0.25) is 0 Å². The second-order valence-corrected chi connectivity index (χ2v) is 5.96. The summed E-state index contributed by atoms with van der Waals surface area (Å²) in [5.74, 6) is -0.287. The van der Waals surface area contributed by atoms with Crippen LogP contribution in [0.5, 0.6) is 0 Å². The Balaban J connectivity index is 1.95. The summed E-state index contributed by atoms with van der Waals surface area (Å²) in [7, 11) is 0. The van der Waals surface area contributed by atoms with Crippen LogP contribution in [0.25, 0.3) is 10.9 Å². The number of hydrogen-bond acceptors (Lipinski definition) is 3. The van der Waals surface area contributed by atoms with Gasteiger partial charge < -0.3 is 15.6 Å². The van der Waals surface area contributed by atoms with E-state index in [2.05, 4.69) is 22.5 Å². The number of para-hydroxylation sites is 1. The summed E-state index contributed by atoms with van der Waals surface area (Å²) in [4.78, 5) is 27.7. The third kappa shape index (κ3) is 2.64. The number of hydrogen-bond donors (Lipinski definition) is 3. The molecule has 1 saturated heterocycles. The first-order valence-electron chi connectivity index (χ1n) is 7.74. The van der Waals surface area contributed by atoms with Crippen molar-refractivity contribution >= 4 is 16.8 Å². The van der Waals surface area contributed by atoms with Crippen molar-refractivity contribution in [3.05, 3.63) is 45.7 Å². The number of nitrogens with one attached hydrogen (secondary N) is 3. The monoisotopic (exact) mass is 299 g/mol. The molecule has 3 N–H and O–H groups in total. The fourth-order valence-corrected chi connectivity index (χ4v) is 3.16. The van der Waals surface area contributed by atoms with E-state index in [1.165, 1.54) is 0 Å². The SMILES string of the molecule is Cc1c(C(=O)NC2CCCNC2C)c(=O)[nH]c2ccccc12. The van der Waals surface area contributed by atoms with Crippen LogP contribution < -0.4 is 16.2 Å². The van der Waals surface area contributed by atoms with Gasteiger partial charge in [-0.2, -0.15) is 0 Å². The van der Waals surface area contributed by atoms with Gasteiger partial charge in [-0.3, -0.25) is 9.59 Å². The third-order valence-electron chi connectivity index (χ3n) is 4.49. The Morgan fingerprint density at radius 1 is 1.32 bits per heavy atom. The minimum absolute atomic E-state index is 0.0616. The zero-order valence-electron chi connectivity index (χ0n) is 12.9. The van der Waals surface area contributed by atoms with Gasteiger partial charge in [-0.15, -0.1) is 0 Å². The van der Waals surface area contributed by atoms with Crippen molar-refractivity contribution in [2.45, 2.75) is 38.8 Å². The molecule has 0 bridgehead atoms. The fourth-order valence-electron chi connectivity index (χ4n) is 3.16. The molecular weight excluding hydrogens is 278 g/mol. The molecule has 1 aromatic heterocycles. The van der Waals surface area contributed by atoms with Crippen LogP contribution in [0.3, 0.4) is 0 Å². The summed E-state index contributed by atoms with van der Waals surface area (Å²) < 4.78 is 0. The topological polar surface area (TPSA) is 74.0 Å². The fraction of sp³-hybridized carbons (Fsp3) is 0.412. The lowest BCUT2D eigenvalue weighted by atomic mass is 9.98. The Bertz CT molecular complexity index is 766. The maximum atomic E-state index is 12.6. The predicted octanol–water partition coefficient (Wildman–Crippen LogP) is 1.71. The van der Waals surface area contributed by atoms with Crippen molar-refractivity contribution in [3.63, 3.8) is 0 Å². The molecule has 0 saturated carbocycles. The smallest absolute Gasteiger partial charge is 0.261 e. The van der Waals surface area contributed by atoms with E-state index in [-0.39, 0.29) is 29.1 Å². The lowest BCUT2D eigenvalue weighted by Crippen LogP contribution is -2.52. The number of benzene rings is 1. The van der Waals surface area contributed by atoms with Crippen LogP contribution in [0.15, 0.2) is 29.1 Å². The lowest BCUT2D eigenvalue weighted by molar-refractivity contribution is 0.0918. The molecule has 0 aliphatic carbocycles. The zero-order valence-corrected chi connectivity index (χ0v) is 12.9. The molecule has 1 aliphatic heterocycles. The van der Waals surface area contributed by atoms with Gasteiger partial charge in [-0.1, -0.05) is 18.2 Å². The lowest BCUT2D eigenvalue weighted by Gasteiger charge is -2.30. The van der Waals surface area contributed by atoms with E-state index in [0.717, 1.165) is 35.9 Å². The van der Waals surface area contributed by atoms with Crippen LogP contribution in [0.4, 0.5) is 0 Å². The summed E-state index contributed by atoms with van der Waals surface area (Å²) in [5, 5.41) is 7.26. The van der Waals surface area contributed by atoms with Crippen molar-refractivity contribution in [1.29, 1.82) is 0 Å². The highest BCUT2D eigenvalue weighted by Crippen LogP contribution is 2.17. The van der Waals surface area contributed by atoms with Crippen molar-refractivity contribution < 1.29 is 4.79 Å². The third-order valence-corrected chi connectivity index (χ3v) is 4.49. The molecule has 5 nitrogen and oxygen atoms in total. The summed E-state index contributed by atoms with van der Waals surface area (Å²) in [5.41, 5.74) is 1.38. The Morgan fingerprint density at radius 2 is 2.09 bits per heavy atom. The minimum atomic E-state index is -0.329. The minimum Gasteiger partial charge on any atom is -0.348 e. The molecule has 2 unspecified atom stereocenters. The van der Waals surface area contributed by atoms with Crippen molar-refractivity contribution in [2.75, 3.05) is 6.54 Å². The first-order chi connectivity index (χ1) is 10.6. The zero-order chi connectivity index (χ0) is 15.7. The number of piperidine rings is 1. The molecule has 2 aromatic rings. The van der Waals surface area contributed by atoms with E-state index < -0.39 is 0 Å². The summed E-state index contributed by atoms with van der Waals surface area (Å²) in [6, 6.07) is 7.82. The van der Waals surface area contributed by atoms with Crippen molar-refractivity contribution in [3.8, 4) is 0 Å². The normalized spacial score (nSPS) is 21.7. The Hall–Kier alpha value is -2.14. The van der Waals surface area contributed by atoms with Gasteiger partial charge in [0.05, 0.1) is 0 Å². The van der Waals surface area contributed by atoms with Gasteiger partial charge >= 0.3 is 0 Å². The highest BCUT2D eigenvalue weighted by molar-refractivity contribution is 6.00. The average Bonchev–Trinajstić information content (AvgIpc) is 2.49. The molecule has 0 radical (unpaired) electrons. The summed E-state index contributed by atoms with van der Waals surface area (Å²) in [6.45, 7) is 4.86. The molecule has 3 rings (SSSR count). The average molecular weight is 299 g/mol. The summed E-state index contributed by atoms with van der Waals surface area (Å²) in [6.07, 6.45) is 1.97. The first kappa shape index (κ1) is 14.8. The van der Waals surface area contributed by atoms with Crippen molar-refractivity contribution in [1.82, 2.24) is 15.6 Å². The number of carbonyl (C=O) groups is 1. The Morgan fingerprint density at radius 3 is 2.86 bits per heavy atom. The molecule has 22 heavy (non-hydrogen) atoms. The van der Waals surface area contributed by atoms with Gasteiger partial charge in [0.15, 0.2) is 0 Å². The maximum absolute atomic E-state index is 12.6. The summed E-state index contributed by atoms with van der Waals surface area (Å²) >= 11 is 0. The number of carbonyl (C=O) groups excluding carboxylic acids is 1. The molecule has 0 spiro atoms. The number of aryl methyl sites for hydroxylation is 1. The van der Waals surface area contributed by atoms with Crippen LogP contribution in [0.2, 0.25) is 0 Å². The molecule has 2 heterocycles. The molecule has 116 valence electrons. The Kier molecular flexibility index (Phi) is 3.98. The first-order valence-corrected chi connectivity index (χ1v) is 7.74. The second-order valence-electron chi connectivity index (χ2n) is 5.96.